The number of nitriles is 2. The Hall–Kier alpha value is -3.46. The number of nitrogens with two attached hydrogens (primary N) is 1. The van der Waals surface area contributed by atoms with Crippen LogP contribution in [0, 0.1) is 22.7 Å². The van der Waals surface area contributed by atoms with Gasteiger partial charge < -0.3 is 15.2 Å². The summed E-state index contributed by atoms with van der Waals surface area (Å²) in [6.07, 6.45) is 5.08. The molecule has 1 aliphatic carbocycles. The Morgan fingerprint density at radius 2 is 2.03 bits per heavy atom. The number of ether oxygens (including phenoxy) is 2. The van der Waals surface area contributed by atoms with Crippen molar-refractivity contribution in [2.45, 2.75) is 50.0 Å². The van der Waals surface area contributed by atoms with Gasteiger partial charge in [0.1, 0.15) is 28.5 Å². The van der Waals surface area contributed by atoms with Crippen LogP contribution >= 0.6 is 23.4 Å². The minimum Gasteiger partial charge on any atom is -0.463 e. The summed E-state index contributed by atoms with van der Waals surface area (Å²) >= 11 is 7.77. The number of pyridine rings is 1. The zero-order valence-electron chi connectivity index (χ0n) is 19.8. The number of aromatic nitrogens is 1. The van der Waals surface area contributed by atoms with E-state index in [1.807, 2.05) is 6.07 Å². The molecule has 36 heavy (non-hydrogen) atoms. The Bertz CT molecular complexity index is 1340. The molecule has 7 nitrogen and oxygen atoms in total. The Labute approximate surface area is 219 Å². The van der Waals surface area contributed by atoms with Crippen molar-refractivity contribution in [3.05, 3.63) is 80.5 Å². The third kappa shape index (κ3) is 5.21. The maximum absolute atomic E-state index is 13.2. The van der Waals surface area contributed by atoms with E-state index < -0.39 is 11.9 Å². The van der Waals surface area contributed by atoms with Crippen LogP contribution in [0.25, 0.3) is 0 Å². The average molecular weight is 521 g/mol. The standard InChI is InChI=1S/C27H25ClN4O3S/c1-2-34-27(33)24-22(35-25(31)19(14-30)23(24)18-9-6-7-10-20(18)28)15-36-26-17(13-29)12-16-8-4-3-5-11-21(16)32-26/h6-7,9-10,12,23H,2-5,8,11,15,31H2,1H3. The molecule has 0 saturated carbocycles. The zero-order valence-corrected chi connectivity index (χ0v) is 21.4. The molecular formula is C27H25ClN4O3S. The number of fused-ring (bicyclic) bond motifs is 1. The summed E-state index contributed by atoms with van der Waals surface area (Å²) in [6, 6.07) is 13.2. The van der Waals surface area contributed by atoms with E-state index in [0.29, 0.717) is 21.2 Å². The van der Waals surface area contributed by atoms with Crippen molar-refractivity contribution >= 4 is 29.3 Å². The van der Waals surface area contributed by atoms with Crippen molar-refractivity contribution in [1.29, 1.82) is 10.5 Å². The van der Waals surface area contributed by atoms with Gasteiger partial charge in [0.25, 0.3) is 0 Å². The van der Waals surface area contributed by atoms with Crippen LogP contribution in [0.2, 0.25) is 5.02 Å². The molecule has 1 aromatic carbocycles. The fraction of sp³-hybridized carbons (Fsp3) is 0.333. The monoisotopic (exact) mass is 520 g/mol. The van der Waals surface area contributed by atoms with E-state index in [2.05, 4.69) is 12.1 Å². The number of carbonyl (C=O) groups excluding carboxylic acids is 1. The largest absolute Gasteiger partial charge is 0.463 e. The Balaban J connectivity index is 1.77. The lowest BCUT2D eigenvalue weighted by Crippen LogP contribution is -2.27. The van der Waals surface area contributed by atoms with E-state index >= 15 is 0 Å². The molecule has 0 fully saturated rings. The fourth-order valence-electron chi connectivity index (χ4n) is 4.49. The molecule has 1 aromatic heterocycles. The highest BCUT2D eigenvalue weighted by atomic mass is 35.5. The summed E-state index contributed by atoms with van der Waals surface area (Å²) in [4.78, 5) is 18.0. The highest BCUT2D eigenvalue weighted by molar-refractivity contribution is 7.99. The van der Waals surface area contributed by atoms with Gasteiger partial charge in [-0.3, -0.25) is 0 Å². The van der Waals surface area contributed by atoms with Gasteiger partial charge in [-0.25, -0.2) is 9.78 Å². The number of esters is 1. The number of rotatable bonds is 6. The van der Waals surface area contributed by atoms with Crippen LogP contribution in [0.4, 0.5) is 0 Å². The molecule has 0 radical (unpaired) electrons. The van der Waals surface area contributed by atoms with Crippen LogP contribution in [0.1, 0.15) is 54.5 Å². The van der Waals surface area contributed by atoms with Crippen LogP contribution in [0.3, 0.4) is 0 Å². The Kier molecular flexibility index (Phi) is 8.20. The molecule has 0 spiro atoms. The van der Waals surface area contributed by atoms with E-state index in [-0.39, 0.29) is 35.1 Å². The van der Waals surface area contributed by atoms with Gasteiger partial charge in [0.2, 0.25) is 5.88 Å². The lowest BCUT2D eigenvalue weighted by Gasteiger charge is -2.28. The van der Waals surface area contributed by atoms with E-state index in [0.717, 1.165) is 43.4 Å². The van der Waals surface area contributed by atoms with Gasteiger partial charge in [-0.15, -0.1) is 0 Å². The van der Waals surface area contributed by atoms with Crippen LogP contribution in [0.5, 0.6) is 0 Å². The summed E-state index contributed by atoms with van der Waals surface area (Å²) in [5.74, 6) is -1.15. The van der Waals surface area contributed by atoms with Gasteiger partial charge in [0.15, 0.2) is 0 Å². The SMILES string of the molecule is CCOC(=O)C1=C(CSc2nc3c(cc2C#N)CCCCC3)OC(N)=C(C#N)C1c1ccccc1Cl. The van der Waals surface area contributed by atoms with Gasteiger partial charge in [0, 0.05) is 10.7 Å². The average Bonchev–Trinajstić information content (AvgIpc) is 3.11. The number of halogens is 1. The van der Waals surface area contributed by atoms with Gasteiger partial charge in [0.05, 0.1) is 29.4 Å². The Morgan fingerprint density at radius 3 is 2.75 bits per heavy atom. The fourth-order valence-corrected chi connectivity index (χ4v) is 5.66. The first kappa shape index (κ1) is 25.6. The van der Waals surface area contributed by atoms with Crippen molar-refractivity contribution in [3.8, 4) is 12.1 Å². The molecule has 0 saturated heterocycles. The van der Waals surface area contributed by atoms with Crippen LogP contribution in [0.15, 0.2) is 58.1 Å². The van der Waals surface area contributed by atoms with E-state index in [4.69, 9.17) is 31.8 Å². The normalized spacial score (nSPS) is 17.4. The highest BCUT2D eigenvalue weighted by Gasteiger charge is 2.38. The highest BCUT2D eigenvalue weighted by Crippen LogP contribution is 2.43. The third-order valence-corrected chi connectivity index (χ3v) is 7.52. The second-order valence-electron chi connectivity index (χ2n) is 8.41. The Morgan fingerprint density at radius 1 is 1.25 bits per heavy atom. The molecule has 184 valence electrons. The predicted octanol–water partition coefficient (Wildman–Crippen LogP) is 5.29. The molecular weight excluding hydrogens is 496 g/mol. The lowest BCUT2D eigenvalue weighted by molar-refractivity contribution is -0.139. The smallest absolute Gasteiger partial charge is 0.338 e. The molecule has 2 N–H and O–H groups in total. The van der Waals surface area contributed by atoms with Gasteiger partial charge in [-0.2, -0.15) is 10.5 Å². The van der Waals surface area contributed by atoms with E-state index in [9.17, 15) is 15.3 Å². The molecule has 2 aliphatic rings. The summed E-state index contributed by atoms with van der Waals surface area (Å²) in [5.41, 5.74) is 9.57. The van der Waals surface area contributed by atoms with Crippen molar-refractivity contribution in [3.63, 3.8) is 0 Å². The molecule has 0 amide bonds. The molecule has 1 unspecified atom stereocenters. The topological polar surface area (TPSA) is 122 Å². The van der Waals surface area contributed by atoms with E-state index in [1.54, 1.807) is 31.2 Å². The molecule has 9 heteroatoms. The van der Waals surface area contributed by atoms with Gasteiger partial charge >= 0.3 is 5.97 Å². The van der Waals surface area contributed by atoms with Gasteiger partial charge in [-0.05, 0) is 55.9 Å². The number of hydrogen-bond acceptors (Lipinski definition) is 8. The molecule has 0 bridgehead atoms. The molecule has 4 rings (SSSR count). The first-order chi connectivity index (χ1) is 17.5. The van der Waals surface area contributed by atoms with Crippen LogP contribution < -0.4 is 5.73 Å². The number of allylic oxidation sites excluding steroid dienone is 1. The zero-order chi connectivity index (χ0) is 25.7. The summed E-state index contributed by atoms with van der Waals surface area (Å²) < 4.78 is 11.2. The van der Waals surface area contributed by atoms with Gasteiger partial charge in [-0.1, -0.05) is 48.0 Å². The number of aryl methyl sites for hydroxylation is 2. The maximum atomic E-state index is 13.2. The first-order valence-electron chi connectivity index (χ1n) is 11.8. The summed E-state index contributed by atoms with van der Waals surface area (Å²) in [7, 11) is 0. The lowest BCUT2D eigenvalue weighted by atomic mass is 9.83. The van der Waals surface area contributed by atoms with Crippen LogP contribution in [-0.2, 0) is 27.1 Å². The number of nitrogens with zero attached hydrogens (tertiary/aromatic N) is 3. The summed E-state index contributed by atoms with van der Waals surface area (Å²) in [5, 5.41) is 20.6. The number of carbonyl (C=O) groups is 1. The minimum atomic E-state index is -0.845. The number of thioether (sulfide) groups is 1. The predicted molar refractivity (Wildman–Crippen MR) is 137 cm³/mol. The molecule has 2 heterocycles. The van der Waals surface area contributed by atoms with Crippen molar-refractivity contribution in [2.75, 3.05) is 12.4 Å². The third-order valence-electron chi connectivity index (χ3n) is 6.18. The second kappa shape index (κ2) is 11.5. The van der Waals surface area contributed by atoms with E-state index in [1.165, 1.54) is 11.8 Å². The van der Waals surface area contributed by atoms with Crippen molar-refractivity contribution in [2.24, 2.45) is 5.73 Å². The maximum Gasteiger partial charge on any atom is 0.338 e. The summed E-state index contributed by atoms with van der Waals surface area (Å²) in [6.45, 7) is 1.85. The van der Waals surface area contributed by atoms with Crippen LogP contribution in [-0.4, -0.2) is 23.3 Å². The number of benzene rings is 1. The van der Waals surface area contributed by atoms with Crippen molar-refractivity contribution < 1.29 is 14.3 Å². The first-order valence-corrected chi connectivity index (χ1v) is 13.1. The van der Waals surface area contributed by atoms with Crippen molar-refractivity contribution in [1.82, 2.24) is 4.98 Å². The minimum absolute atomic E-state index is 0.0840. The number of hydrogen-bond donors (Lipinski definition) is 1. The molecule has 1 atom stereocenters. The molecule has 2 aromatic rings. The second-order valence-corrected chi connectivity index (χ2v) is 9.78. The molecule has 1 aliphatic heterocycles. The quantitative estimate of drug-likeness (QED) is 0.309.